The normalized spacial score (nSPS) is 13.4. The number of urea groups is 1. The Kier molecular flexibility index (Phi) is 18.3. The average molecular weight is 488 g/mol. The van der Waals surface area contributed by atoms with Crippen LogP contribution in [0.25, 0.3) is 0 Å². The Morgan fingerprint density at radius 1 is 1.00 bits per heavy atom. The third kappa shape index (κ3) is 19.2. The van der Waals surface area contributed by atoms with Crippen molar-refractivity contribution in [2.24, 2.45) is 17.4 Å². The van der Waals surface area contributed by atoms with Crippen LogP contribution in [0.15, 0.2) is 12.2 Å². The minimum absolute atomic E-state index is 0.0855. The molecular formula is C21H37N5O8. The molecule has 1 aliphatic rings. The van der Waals surface area contributed by atoms with Crippen LogP contribution in [-0.2, 0) is 24.0 Å². The van der Waals surface area contributed by atoms with Gasteiger partial charge in [-0.15, -0.1) is 0 Å². The van der Waals surface area contributed by atoms with Crippen molar-refractivity contribution in [2.75, 3.05) is 6.54 Å². The van der Waals surface area contributed by atoms with Gasteiger partial charge in [0, 0.05) is 25.1 Å². The van der Waals surface area contributed by atoms with Crippen LogP contribution in [0.5, 0.6) is 0 Å². The topological polar surface area (TPSA) is 231 Å². The first kappa shape index (κ1) is 32.7. The summed E-state index contributed by atoms with van der Waals surface area (Å²) in [6.45, 7) is 5.98. The van der Waals surface area contributed by atoms with E-state index in [4.69, 9.17) is 21.7 Å². The van der Waals surface area contributed by atoms with E-state index in [2.05, 4.69) is 17.6 Å². The van der Waals surface area contributed by atoms with Crippen molar-refractivity contribution in [3.63, 3.8) is 0 Å². The van der Waals surface area contributed by atoms with Gasteiger partial charge in [-0.1, -0.05) is 33.6 Å². The highest BCUT2D eigenvalue weighted by molar-refractivity contribution is 6.12. The Morgan fingerprint density at radius 3 is 1.91 bits per heavy atom. The van der Waals surface area contributed by atoms with Crippen molar-refractivity contribution in [1.82, 2.24) is 16.0 Å². The fraction of sp³-hybridized carbons (Fsp3) is 0.619. The van der Waals surface area contributed by atoms with E-state index in [1.54, 1.807) is 13.8 Å². The first-order valence-corrected chi connectivity index (χ1v) is 10.9. The number of carbonyl (C=O) groups is 6. The van der Waals surface area contributed by atoms with Crippen LogP contribution in [0.4, 0.5) is 4.79 Å². The van der Waals surface area contributed by atoms with Crippen LogP contribution in [0.3, 0.4) is 0 Å². The van der Waals surface area contributed by atoms with Crippen molar-refractivity contribution >= 4 is 35.7 Å². The lowest BCUT2D eigenvalue weighted by atomic mass is 10.0. The Balaban J connectivity index is 0. The number of primary amides is 1. The van der Waals surface area contributed by atoms with E-state index < -0.39 is 30.1 Å². The lowest BCUT2D eigenvalue weighted by molar-refractivity contribution is -0.143. The molecule has 5 amide bonds. The van der Waals surface area contributed by atoms with E-state index in [9.17, 15) is 28.8 Å². The monoisotopic (exact) mass is 487 g/mol. The van der Waals surface area contributed by atoms with Crippen molar-refractivity contribution < 1.29 is 39.0 Å². The highest BCUT2D eigenvalue weighted by atomic mass is 16.4. The smallest absolute Gasteiger partial charge is 0.326 e. The second-order valence-corrected chi connectivity index (χ2v) is 7.65. The van der Waals surface area contributed by atoms with E-state index in [1.807, 2.05) is 5.32 Å². The number of carboxylic acid groups (broad SMARTS) is 2. The van der Waals surface area contributed by atoms with Gasteiger partial charge in [0.15, 0.2) is 0 Å². The molecule has 1 rings (SSSR count). The molecule has 0 bridgehead atoms. The van der Waals surface area contributed by atoms with E-state index in [1.165, 1.54) is 12.2 Å². The minimum Gasteiger partial charge on any atom is -0.480 e. The van der Waals surface area contributed by atoms with Gasteiger partial charge in [0.2, 0.25) is 5.91 Å². The van der Waals surface area contributed by atoms with E-state index in [0.717, 1.165) is 19.3 Å². The molecule has 0 aliphatic carbocycles. The lowest BCUT2D eigenvalue weighted by Crippen LogP contribution is -2.44. The molecule has 2 atom stereocenters. The molecule has 2 unspecified atom stereocenters. The molecule has 34 heavy (non-hydrogen) atoms. The molecule has 1 heterocycles. The van der Waals surface area contributed by atoms with Crippen molar-refractivity contribution in [3.05, 3.63) is 12.2 Å². The van der Waals surface area contributed by atoms with Crippen molar-refractivity contribution in [2.45, 2.75) is 71.4 Å². The molecule has 9 N–H and O–H groups in total. The number of imide groups is 1. The molecule has 0 saturated carbocycles. The lowest BCUT2D eigenvalue weighted by Gasteiger charge is -2.17. The molecule has 1 aliphatic heterocycles. The Labute approximate surface area is 198 Å². The van der Waals surface area contributed by atoms with Crippen molar-refractivity contribution in [3.8, 4) is 0 Å². The van der Waals surface area contributed by atoms with Gasteiger partial charge in [0.1, 0.15) is 12.1 Å². The molecule has 0 aromatic carbocycles. The van der Waals surface area contributed by atoms with Crippen molar-refractivity contribution in [1.29, 1.82) is 0 Å². The van der Waals surface area contributed by atoms with Gasteiger partial charge in [-0.3, -0.25) is 24.5 Å². The molecular weight excluding hydrogens is 450 g/mol. The summed E-state index contributed by atoms with van der Waals surface area (Å²) in [5.41, 5.74) is 9.96. The fourth-order valence-corrected chi connectivity index (χ4v) is 2.31. The number of hydrogen-bond acceptors (Lipinski definition) is 7. The predicted octanol–water partition coefficient (Wildman–Crippen LogP) is -0.162. The molecule has 0 spiro atoms. The number of hydrogen-bond donors (Lipinski definition) is 7. The summed E-state index contributed by atoms with van der Waals surface area (Å²) in [5, 5.41) is 24.1. The van der Waals surface area contributed by atoms with Gasteiger partial charge < -0.3 is 32.3 Å². The largest absolute Gasteiger partial charge is 0.480 e. The summed E-state index contributed by atoms with van der Waals surface area (Å²) < 4.78 is 0. The number of nitrogens with two attached hydrogens (primary N) is 2. The molecule has 0 radical (unpaired) electrons. The number of aliphatic carboxylic acids is 2. The van der Waals surface area contributed by atoms with Gasteiger partial charge in [-0.05, 0) is 25.2 Å². The Bertz CT molecular complexity index is 708. The Hall–Kier alpha value is -3.48. The standard InChI is InChI=1S/C11H21NO3.C6H13N3O3.C4H3NO2/c1-4-5-6-7-9(13)12-10(8(2)3)11(14)15;7-4(5(10)11)2-1-3-9-6(8)12;6-3-1-2-4(7)5-3/h8,10H,4-7H2,1-3H3,(H,12,13)(H,14,15);4H,1-3,7H2,(H,10,11)(H3,8,9,12);1-2H,(H,5,6,7). The number of rotatable bonds is 12. The van der Waals surface area contributed by atoms with Gasteiger partial charge in [-0.2, -0.15) is 0 Å². The second-order valence-electron chi connectivity index (χ2n) is 7.65. The molecule has 0 saturated heterocycles. The summed E-state index contributed by atoms with van der Waals surface area (Å²) >= 11 is 0. The summed E-state index contributed by atoms with van der Waals surface area (Å²) in [4.78, 5) is 62.6. The number of amides is 5. The summed E-state index contributed by atoms with van der Waals surface area (Å²) in [5.74, 6) is -2.90. The van der Waals surface area contributed by atoms with Crippen LogP contribution in [0, 0.1) is 5.92 Å². The maximum Gasteiger partial charge on any atom is 0.326 e. The van der Waals surface area contributed by atoms with Crippen LogP contribution in [-0.4, -0.2) is 64.5 Å². The van der Waals surface area contributed by atoms with Crippen LogP contribution < -0.4 is 27.4 Å². The zero-order valence-corrected chi connectivity index (χ0v) is 19.8. The quantitative estimate of drug-likeness (QED) is 0.143. The maximum absolute atomic E-state index is 11.4. The van der Waals surface area contributed by atoms with Gasteiger partial charge in [0.25, 0.3) is 11.8 Å². The molecule has 0 aromatic heterocycles. The number of carbonyl (C=O) groups excluding carboxylic acids is 4. The molecule has 0 aromatic rings. The number of unbranched alkanes of at least 4 members (excludes halogenated alkanes) is 2. The minimum atomic E-state index is -1.03. The average Bonchev–Trinajstić information content (AvgIpc) is 3.12. The molecule has 13 heteroatoms. The number of nitrogens with one attached hydrogen (secondary N) is 3. The highest BCUT2D eigenvalue weighted by Gasteiger charge is 2.22. The molecule has 194 valence electrons. The van der Waals surface area contributed by atoms with Crippen LogP contribution in [0.1, 0.15) is 59.3 Å². The van der Waals surface area contributed by atoms with Gasteiger partial charge in [0.05, 0.1) is 0 Å². The third-order valence-electron chi connectivity index (χ3n) is 4.20. The second kappa shape index (κ2) is 19.0. The zero-order valence-electron chi connectivity index (χ0n) is 19.8. The molecule has 0 fully saturated rings. The predicted molar refractivity (Wildman–Crippen MR) is 123 cm³/mol. The first-order chi connectivity index (χ1) is 15.8. The van der Waals surface area contributed by atoms with Crippen LogP contribution in [0.2, 0.25) is 0 Å². The Morgan fingerprint density at radius 2 is 1.56 bits per heavy atom. The third-order valence-corrected chi connectivity index (χ3v) is 4.20. The van der Waals surface area contributed by atoms with E-state index >= 15 is 0 Å². The molecule has 13 nitrogen and oxygen atoms in total. The van der Waals surface area contributed by atoms with Crippen LogP contribution >= 0.6 is 0 Å². The summed E-state index contributed by atoms with van der Waals surface area (Å²) in [6, 6.07) is -2.24. The highest BCUT2D eigenvalue weighted by Crippen LogP contribution is 2.04. The first-order valence-electron chi connectivity index (χ1n) is 10.9. The van der Waals surface area contributed by atoms with Gasteiger partial charge >= 0.3 is 18.0 Å². The zero-order chi connectivity index (χ0) is 26.7. The number of carboxylic acids is 2. The fourth-order valence-electron chi connectivity index (χ4n) is 2.31. The van der Waals surface area contributed by atoms with Gasteiger partial charge in [-0.25, -0.2) is 9.59 Å². The summed E-state index contributed by atoms with van der Waals surface area (Å²) in [6.07, 6.45) is 6.54. The summed E-state index contributed by atoms with van der Waals surface area (Å²) in [7, 11) is 0. The maximum atomic E-state index is 11.4. The SMILES string of the molecule is CCCCCC(=O)NC(C(=O)O)C(C)C.NC(=O)NCCCC(N)C(=O)O.O=C1C=CC(=O)N1. The van der Waals surface area contributed by atoms with E-state index in [0.29, 0.717) is 25.8 Å². The van der Waals surface area contributed by atoms with E-state index in [-0.39, 0.29) is 23.6 Å².